The normalized spacial score (nSPS) is 16.9. The van der Waals surface area contributed by atoms with Crippen molar-refractivity contribution in [2.75, 3.05) is 13.7 Å². The quantitative estimate of drug-likeness (QED) is 0.737. The number of fused-ring (bicyclic) bond motifs is 1. The van der Waals surface area contributed by atoms with E-state index < -0.39 is 0 Å². The van der Waals surface area contributed by atoms with Crippen molar-refractivity contribution in [1.82, 2.24) is 9.88 Å². The number of amides is 1. The minimum atomic E-state index is 0.0185. The third-order valence-corrected chi connectivity index (χ3v) is 4.50. The third-order valence-electron chi connectivity index (χ3n) is 4.50. The maximum absolute atomic E-state index is 12.8. The standard InChI is InChI=1S/C19H18N2O3/c1-12-20-16-7-6-14(11-18(16)24-12)19(22)21-9-8-17(21)13-4-3-5-15(10-13)23-2/h3-7,10-11,17H,8-9H2,1-2H3/t17-/m0/s1. The van der Waals surface area contributed by atoms with E-state index in [1.165, 1.54) is 0 Å². The zero-order valence-corrected chi connectivity index (χ0v) is 13.7. The maximum Gasteiger partial charge on any atom is 0.254 e. The second-order valence-corrected chi connectivity index (χ2v) is 6.00. The smallest absolute Gasteiger partial charge is 0.254 e. The van der Waals surface area contributed by atoms with Gasteiger partial charge in [-0.25, -0.2) is 4.98 Å². The summed E-state index contributed by atoms with van der Waals surface area (Å²) in [7, 11) is 1.65. The fraction of sp³-hybridized carbons (Fsp3) is 0.263. The van der Waals surface area contributed by atoms with Gasteiger partial charge < -0.3 is 14.1 Å². The van der Waals surface area contributed by atoms with Crippen molar-refractivity contribution in [3.8, 4) is 5.75 Å². The van der Waals surface area contributed by atoms with Gasteiger partial charge in [0, 0.05) is 19.0 Å². The number of ether oxygens (including phenoxy) is 1. The molecule has 0 saturated carbocycles. The van der Waals surface area contributed by atoms with E-state index in [0.29, 0.717) is 17.0 Å². The Morgan fingerprint density at radius 2 is 2.17 bits per heavy atom. The lowest BCUT2D eigenvalue weighted by molar-refractivity contribution is 0.0460. The van der Waals surface area contributed by atoms with E-state index in [-0.39, 0.29) is 11.9 Å². The van der Waals surface area contributed by atoms with E-state index in [1.807, 2.05) is 41.3 Å². The fourth-order valence-electron chi connectivity index (χ4n) is 3.16. The molecule has 5 nitrogen and oxygen atoms in total. The SMILES string of the molecule is COc1cccc([C@@H]2CCN2C(=O)c2ccc3nc(C)oc3c2)c1. The van der Waals surface area contributed by atoms with Gasteiger partial charge >= 0.3 is 0 Å². The molecule has 122 valence electrons. The summed E-state index contributed by atoms with van der Waals surface area (Å²) >= 11 is 0. The van der Waals surface area contributed by atoms with Gasteiger partial charge in [0.25, 0.3) is 5.91 Å². The molecule has 0 spiro atoms. The average molecular weight is 322 g/mol. The van der Waals surface area contributed by atoms with Crippen molar-refractivity contribution >= 4 is 17.0 Å². The number of aromatic nitrogens is 1. The molecule has 1 saturated heterocycles. The van der Waals surface area contributed by atoms with Gasteiger partial charge in [-0.1, -0.05) is 12.1 Å². The number of hydrogen-bond acceptors (Lipinski definition) is 4. The minimum absolute atomic E-state index is 0.0185. The number of methoxy groups -OCH3 is 1. The van der Waals surface area contributed by atoms with E-state index in [2.05, 4.69) is 4.98 Å². The predicted molar refractivity (Wildman–Crippen MR) is 90.1 cm³/mol. The highest BCUT2D eigenvalue weighted by Gasteiger charge is 2.34. The molecule has 0 bridgehead atoms. The van der Waals surface area contributed by atoms with Crippen molar-refractivity contribution in [2.45, 2.75) is 19.4 Å². The van der Waals surface area contributed by atoms with E-state index in [0.717, 1.165) is 29.8 Å². The van der Waals surface area contributed by atoms with E-state index in [1.54, 1.807) is 20.1 Å². The maximum atomic E-state index is 12.8. The third kappa shape index (κ3) is 2.42. The van der Waals surface area contributed by atoms with Crippen molar-refractivity contribution in [3.05, 3.63) is 59.5 Å². The molecule has 3 aromatic rings. The molecular weight excluding hydrogens is 304 g/mol. The molecular formula is C19H18N2O3. The number of rotatable bonds is 3. The number of oxazole rings is 1. The van der Waals surface area contributed by atoms with Crippen LogP contribution in [0.4, 0.5) is 0 Å². The molecule has 2 aromatic carbocycles. The molecule has 1 amide bonds. The van der Waals surface area contributed by atoms with Crippen LogP contribution in [0.5, 0.6) is 5.75 Å². The molecule has 1 aliphatic rings. The first-order chi connectivity index (χ1) is 11.7. The largest absolute Gasteiger partial charge is 0.497 e. The first-order valence-electron chi connectivity index (χ1n) is 7.98. The lowest BCUT2D eigenvalue weighted by Crippen LogP contribution is -2.45. The van der Waals surface area contributed by atoms with Crippen LogP contribution < -0.4 is 4.74 Å². The van der Waals surface area contributed by atoms with Crippen molar-refractivity contribution in [2.24, 2.45) is 0 Å². The number of benzene rings is 2. The summed E-state index contributed by atoms with van der Waals surface area (Å²) < 4.78 is 10.8. The van der Waals surface area contributed by atoms with E-state index in [9.17, 15) is 4.79 Å². The molecule has 5 heteroatoms. The van der Waals surface area contributed by atoms with Crippen molar-refractivity contribution in [1.29, 1.82) is 0 Å². The number of aryl methyl sites for hydroxylation is 1. The Balaban J connectivity index is 1.60. The Bertz CT molecular complexity index is 916. The molecule has 0 radical (unpaired) electrons. The Hall–Kier alpha value is -2.82. The minimum Gasteiger partial charge on any atom is -0.497 e. The fourth-order valence-corrected chi connectivity index (χ4v) is 3.16. The summed E-state index contributed by atoms with van der Waals surface area (Å²) in [4.78, 5) is 19.0. The second-order valence-electron chi connectivity index (χ2n) is 6.00. The lowest BCUT2D eigenvalue weighted by atomic mass is 9.93. The summed E-state index contributed by atoms with van der Waals surface area (Å²) in [6, 6.07) is 13.4. The molecule has 1 fully saturated rings. The van der Waals surface area contributed by atoms with Gasteiger partial charge in [0.1, 0.15) is 11.3 Å². The Morgan fingerprint density at radius 3 is 2.92 bits per heavy atom. The van der Waals surface area contributed by atoms with Crippen LogP contribution in [-0.2, 0) is 0 Å². The van der Waals surface area contributed by atoms with Gasteiger partial charge in [-0.3, -0.25) is 4.79 Å². The zero-order valence-electron chi connectivity index (χ0n) is 13.7. The monoisotopic (exact) mass is 322 g/mol. The van der Waals surface area contributed by atoms with Crippen LogP contribution in [0, 0.1) is 6.92 Å². The lowest BCUT2D eigenvalue weighted by Gasteiger charge is -2.41. The Morgan fingerprint density at radius 1 is 1.29 bits per heavy atom. The number of likely N-dealkylation sites (tertiary alicyclic amines) is 1. The van der Waals surface area contributed by atoms with Gasteiger partial charge in [0.05, 0.1) is 13.2 Å². The first kappa shape index (κ1) is 14.8. The second kappa shape index (κ2) is 5.67. The van der Waals surface area contributed by atoms with E-state index in [4.69, 9.17) is 9.15 Å². The molecule has 1 aliphatic heterocycles. The molecule has 0 unspecified atom stereocenters. The first-order valence-corrected chi connectivity index (χ1v) is 7.98. The topological polar surface area (TPSA) is 55.6 Å². The summed E-state index contributed by atoms with van der Waals surface area (Å²) in [5, 5.41) is 0. The van der Waals surface area contributed by atoms with Crippen LogP contribution in [0.15, 0.2) is 46.9 Å². The highest BCUT2D eigenvalue weighted by Crippen LogP contribution is 2.36. The highest BCUT2D eigenvalue weighted by molar-refractivity contribution is 5.97. The van der Waals surface area contributed by atoms with Gasteiger partial charge in [-0.15, -0.1) is 0 Å². The molecule has 1 aromatic heterocycles. The molecule has 4 rings (SSSR count). The molecule has 24 heavy (non-hydrogen) atoms. The molecule has 0 aliphatic carbocycles. The molecule has 1 atom stereocenters. The Labute approximate surface area is 139 Å². The number of carbonyl (C=O) groups excluding carboxylic acids is 1. The van der Waals surface area contributed by atoms with Crippen LogP contribution in [0.3, 0.4) is 0 Å². The summed E-state index contributed by atoms with van der Waals surface area (Å²) in [6.07, 6.45) is 0.961. The predicted octanol–water partition coefficient (Wildman–Crippen LogP) is 3.73. The highest BCUT2D eigenvalue weighted by atomic mass is 16.5. The van der Waals surface area contributed by atoms with Crippen LogP contribution in [0.2, 0.25) is 0 Å². The van der Waals surface area contributed by atoms with E-state index >= 15 is 0 Å². The summed E-state index contributed by atoms with van der Waals surface area (Å²) in [5.74, 6) is 1.43. The van der Waals surface area contributed by atoms with Gasteiger partial charge in [-0.05, 0) is 42.3 Å². The number of hydrogen-bond donors (Lipinski definition) is 0. The number of nitrogens with zero attached hydrogens (tertiary/aromatic N) is 2. The number of carbonyl (C=O) groups is 1. The zero-order chi connectivity index (χ0) is 16.7. The summed E-state index contributed by atoms with van der Waals surface area (Å²) in [6.45, 7) is 2.56. The van der Waals surface area contributed by atoms with Gasteiger partial charge in [0.15, 0.2) is 11.5 Å². The van der Waals surface area contributed by atoms with Gasteiger partial charge in [-0.2, -0.15) is 0 Å². The molecule has 0 N–H and O–H groups in total. The van der Waals surface area contributed by atoms with Crippen molar-refractivity contribution < 1.29 is 13.9 Å². The van der Waals surface area contributed by atoms with Crippen LogP contribution in [0.1, 0.15) is 34.3 Å². The average Bonchev–Trinajstić information content (AvgIpc) is 2.93. The van der Waals surface area contributed by atoms with Crippen LogP contribution in [-0.4, -0.2) is 29.4 Å². The van der Waals surface area contributed by atoms with Crippen LogP contribution >= 0.6 is 0 Å². The van der Waals surface area contributed by atoms with Gasteiger partial charge in [0.2, 0.25) is 0 Å². The molecule has 2 heterocycles. The Kier molecular flexibility index (Phi) is 3.49. The van der Waals surface area contributed by atoms with Crippen molar-refractivity contribution in [3.63, 3.8) is 0 Å². The summed E-state index contributed by atoms with van der Waals surface area (Å²) in [5.41, 5.74) is 3.16. The van der Waals surface area contributed by atoms with Crippen LogP contribution in [0.25, 0.3) is 11.1 Å².